The Kier molecular flexibility index (Phi) is 5.78. The summed E-state index contributed by atoms with van der Waals surface area (Å²) >= 11 is 0. The highest BCUT2D eigenvalue weighted by Crippen LogP contribution is 2.14. The molecule has 0 atom stereocenters. The maximum absolute atomic E-state index is 12.4. The second-order valence-corrected chi connectivity index (χ2v) is 7.17. The van der Waals surface area contributed by atoms with Crippen LogP contribution in [-0.2, 0) is 14.8 Å². The minimum Gasteiger partial charge on any atom is -0.272 e. The third kappa shape index (κ3) is 4.71. The van der Waals surface area contributed by atoms with E-state index >= 15 is 0 Å². The van der Waals surface area contributed by atoms with E-state index in [4.69, 9.17) is 0 Å². The zero-order chi connectivity index (χ0) is 17.6. The van der Waals surface area contributed by atoms with Gasteiger partial charge in [-0.15, -0.1) is 0 Å². The Morgan fingerprint density at radius 1 is 1.25 bits per heavy atom. The summed E-state index contributed by atoms with van der Waals surface area (Å²) in [6.45, 7) is 1.53. The van der Waals surface area contributed by atoms with Crippen molar-refractivity contribution in [2.45, 2.75) is 11.8 Å². The van der Waals surface area contributed by atoms with Gasteiger partial charge in [0.2, 0.25) is 10.0 Å². The molecular weight excluding hydrogens is 328 g/mol. The molecule has 0 saturated heterocycles. The molecule has 8 heteroatoms. The smallest absolute Gasteiger partial charge is 0.255 e. The fourth-order valence-electron chi connectivity index (χ4n) is 1.84. The number of benzene rings is 1. The Labute approximate surface area is 141 Å². The predicted molar refractivity (Wildman–Crippen MR) is 91.0 cm³/mol. The maximum Gasteiger partial charge on any atom is 0.255 e. The van der Waals surface area contributed by atoms with Crippen LogP contribution in [0.1, 0.15) is 11.3 Å². The Bertz CT molecular complexity index is 818. The first-order valence-electron chi connectivity index (χ1n) is 7.15. The topological polar surface area (TPSA) is 91.7 Å². The van der Waals surface area contributed by atoms with Crippen molar-refractivity contribution in [1.29, 1.82) is 0 Å². The molecule has 1 amide bonds. The summed E-state index contributed by atoms with van der Waals surface area (Å²) < 4.78 is 25.7. The third-order valence-corrected chi connectivity index (χ3v) is 4.99. The number of aromatic nitrogens is 1. The molecule has 0 fully saturated rings. The van der Waals surface area contributed by atoms with Gasteiger partial charge in [0.1, 0.15) is 0 Å². The van der Waals surface area contributed by atoms with Crippen LogP contribution in [0.3, 0.4) is 0 Å². The average molecular weight is 346 g/mol. The molecule has 0 aliphatic rings. The summed E-state index contributed by atoms with van der Waals surface area (Å²) in [5, 5.41) is 3.75. The molecule has 2 rings (SSSR count). The molecule has 126 valence electrons. The molecule has 2 aromatic rings. The minimum atomic E-state index is -3.72. The van der Waals surface area contributed by atoms with Crippen molar-refractivity contribution < 1.29 is 13.2 Å². The Morgan fingerprint density at radius 2 is 1.96 bits per heavy atom. The molecule has 0 spiro atoms. The molecule has 24 heavy (non-hydrogen) atoms. The van der Waals surface area contributed by atoms with E-state index in [1.54, 1.807) is 36.5 Å². The van der Waals surface area contributed by atoms with E-state index in [0.717, 1.165) is 9.87 Å². The number of hydrogen-bond acceptors (Lipinski definition) is 5. The first-order chi connectivity index (χ1) is 11.4. The summed E-state index contributed by atoms with van der Waals surface area (Å²) in [5.41, 5.74) is 3.82. The van der Waals surface area contributed by atoms with Crippen LogP contribution in [-0.4, -0.2) is 43.4 Å². The van der Waals surface area contributed by atoms with Crippen molar-refractivity contribution in [2.75, 3.05) is 13.6 Å². The number of hydrazone groups is 1. The fourth-order valence-corrected chi connectivity index (χ4v) is 2.96. The van der Waals surface area contributed by atoms with Crippen LogP contribution in [0.2, 0.25) is 0 Å². The number of carbonyl (C=O) groups excluding carboxylic acids is 1. The van der Waals surface area contributed by atoms with Gasteiger partial charge in [-0.2, -0.15) is 9.41 Å². The largest absolute Gasteiger partial charge is 0.272 e. The Hall–Kier alpha value is -2.58. The third-order valence-electron chi connectivity index (χ3n) is 3.17. The summed E-state index contributed by atoms with van der Waals surface area (Å²) in [6.07, 6.45) is 2.98. The quantitative estimate of drug-likeness (QED) is 0.628. The van der Waals surface area contributed by atoms with Gasteiger partial charge in [-0.3, -0.25) is 9.78 Å². The lowest BCUT2D eigenvalue weighted by atomic mass is 10.2. The van der Waals surface area contributed by atoms with Gasteiger partial charge in [0.15, 0.2) is 0 Å². The van der Waals surface area contributed by atoms with Crippen LogP contribution >= 0.6 is 0 Å². The molecule has 1 N–H and O–H groups in total. The molecule has 1 aromatic heterocycles. The van der Waals surface area contributed by atoms with Gasteiger partial charge in [-0.05, 0) is 31.2 Å². The molecule has 0 aliphatic carbocycles. The van der Waals surface area contributed by atoms with Crippen LogP contribution in [0.15, 0.2) is 58.7 Å². The van der Waals surface area contributed by atoms with Crippen LogP contribution < -0.4 is 5.43 Å². The molecule has 0 saturated carbocycles. The van der Waals surface area contributed by atoms with Gasteiger partial charge in [-0.25, -0.2) is 13.8 Å². The first kappa shape index (κ1) is 17.8. The van der Waals surface area contributed by atoms with Gasteiger partial charge in [0, 0.05) is 13.2 Å². The lowest BCUT2D eigenvalue weighted by molar-refractivity contribution is -0.121. The van der Waals surface area contributed by atoms with Crippen LogP contribution in [0.4, 0.5) is 0 Å². The van der Waals surface area contributed by atoms with Crippen molar-refractivity contribution in [2.24, 2.45) is 5.10 Å². The van der Waals surface area contributed by atoms with E-state index in [1.165, 1.54) is 25.4 Å². The standard InChI is InChI=1S/C16H18N4O3S/c1-13-6-8-15(9-7-13)24(22,23)20(2)12-16(21)19-18-11-14-5-3-4-10-17-14/h3-11H,12H2,1-2H3,(H,19,21)/b18-11-. The number of pyridine rings is 1. The highest BCUT2D eigenvalue weighted by Gasteiger charge is 2.22. The number of nitrogens with zero attached hydrogens (tertiary/aromatic N) is 3. The fraction of sp³-hybridized carbons (Fsp3) is 0.188. The second-order valence-electron chi connectivity index (χ2n) is 5.12. The number of aryl methyl sites for hydroxylation is 1. The molecular formula is C16H18N4O3S. The van der Waals surface area contributed by atoms with E-state index in [-0.39, 0.29) is 11.4 Å². The van der Waals surface area contributed by atoms with Crippen LogP contribution in [0, 0.1) is 6.92 Å². The summed E-state index contributed by atoms with van der Waals surface area (Å²) in [7, 11) is -2.38. The number of sulfonamides is 1. The molecule has 0 bridgehead atoms. The minimum absolute atomic E-state index is 0.139. The van der Waals surface area contributed by atoms with E-state index in [2.05, 4.69) is 15.5 Å². The van der Waals surface area contributed by atoms with E-state index in [1.807, 2.05) is 6.92 Å². The van der Waals surface area contributed by atoms with Gasteiger partial charge in [0.05, 0.1) is 23.3 Å². The van der Waals surface area contributed by atoms with Crippen molar-refractivity contribution in [3.63, 3.8) is 0 Å². The van der Waals surface area contributed by atoms with E-state index < -0.39 is 15.9 Å². The zero-order valence-corrected chi connectivity index (χ0v) is 14.2. The highest BCUT2D eigenvalue weighted by molar-refractivity contribution is 7.89. The first-order valence-corrected chi connectivity index (χ1v) is 8.59. The number of likely N-dealkylation sites (N-methyl/N-ethyl adjacent to an activating group) is 1. The number of rotatable bonds is 6. The van der Waals surface area contributed by atoms with Crippen molar-refractivity contribution in [1.82, 2.24) is 14.7 Å². The Morgan fingerprint density at radius 3 is 2.58 bits per heavy atom. The van der Waals surface area contributed by atoms with Crippen molar-refractivity contribution in [3.05, 3.63) is 59.9 Å². The number of hydrogen-bond donors (Lipinski definition) is 1. The highest BCUT2D eigenvalue weighted by atomic mass is 32.2. The summed E-state index contributed by atoms with van der Waals surface area (Å²) in [4.78, 5) is 16.0. The van der Waals surface area contributed by atoms with Gasteiger partial charge >= 0.3 is 0 Å². The van der Waals surface area contributed by atoms with Crippen LogP contribution in [0.25, 0.3) is 0 Å². The summed E-state index contributed by atoms with van der Waals surface area (Å²) in [6, 6.07) is 11.7. The van der Waals surface area contributed by atoms with Gasteiger partial charge in [-0.1, -0.05) is 23.8 Å². The average Bonchev–Trinajstić information content (AvgIpc) is 2.56. The zero-order valence-electron chi connectivity index (χ0n) is 13.4. The maximum atomic E-state index is 12.4. The second kappa shape index (κ2) is 7.80. The number of nitrogens with one attached hydrogen (secondary N) is 1. The van der Waals surface area contributed by atoms with Gasteiger partial charge in [0.25, 0.3) is 5.91 Å². The molecule has 0 unspecified atom stereocenters. The number of amides is 1. The molecule has 1 aromatic carbocycles. The van der Waals surface area contributed by atoms with Crippen molar-refractivity contribution >= 4 is 22.1 Å². The van der Waals surface area contributed by atoms with E-state index in [0.29, 0.717) is 5.69 Å². The van der Waals surface area contributed by atoms with Crippen LogP contribution in [0.5, 0.6) is 0 Å². The summed E-state index contributed by atoms with van der Waals surface area (Å²) in [5.74, 6) is -0.541. The lowest BCUT2D eigenvalue weighted by Crippen LogP contribution is -2.36. The number of carbonyl (C=O) groups is 1. The predicted octanol–water partition coefficient (Wildman–Crippen LogP) is 1.16. The molecule has 7 nitrogen and oxygen atoms in total. The van der Waals surface area contributed by atoms with Crippen molar-refractivity contribution in [3.8, 4) is 0 Å². The van der Waals surface area contributed by atoms with Gasteiger partial charge < -0.3 is 0 Å². The molecule has 0 radical (unpaired) electrons. The molecule has 1 heterocycles. The normalized spacial score (nSPS) is 11.8. The SMILES string of the molecule is Cc1ccc(S(=O)(=O)N(C)CC(=O)N/N=C\c2ccccn2)cc1. The monoisotopic (exact) mass is 346 g/mol. The molecule has 0 aliphatic heterocycles. The van der Waals surface area contributed by atoms with E-state index in [9.17, 15) is 13.2 Å². The lowest BCUT2D eigenvalue weighted by Gasteiger charge is -2.16. The Balaban J connectivity index is 1.95.